The van der Waals surface area contributed by atoms with Crippen molar-refractivity contribution < 1.29 is 17.9 Å². The fourth-order valence-corrected chi connectivity index (χ4v) is 3.97. The smallest absolute Gasteiger partial charge is 0.241 e. The molecule has 1 aromatic rings. The molecule has 1 saturated heterocycles. The molecule has 1 aliphatic heterocycles. The van der Waals surface area contributed by atoms with E-state index in [9.17, 15) is 13.2 Å². The summed E-state index contributed by atoms with van der Waals surface area (Å²) in [5.41, 5.74) is 6.10. The second-order valence-electron chi connectivity index (χ2n) is 6.52. The standard InChI is InChI=1S/C17H27N3O4S.ClH/c1-13(2)24-16-8-6-14(7-9-16)19-25(22,23)12-17(21)20-10-4-3-5-15(20)11-18;/h6-9,13,15,19H,3-5,10-12,18H2,1-2H3;1H. The third kappa shape index (κ3) is 6.66. The van der Waals surface area contributed by atoms with E-state index in [2.05, 4.69) is 4.72 Å². The van der Waals surface area contributed by atoms with Crippen LogP contribution in [0.2, 0.25) is 0 Å². The lowest BCUT2D eigenvalue weighted by Crippen LogP contribution is -2.49. The number of likely N-dealkylation sites (tertiary alicyclic amines) is 1. The second kappa shape index (κ2) is 9.99. The summed E-state index contributed by atoms with van der Waals surface area (Å²) in [7, 11) is -3.77. The van der Waals surface area contributed by atoms with Gasteiger partial charge in [0, 0.05) is 24.8 Å². The van der Waals surface area contributed by atoms with E-state index in [1.807, 2.05) is 13.8 Å². The van der Waals surface area contributed by atoms with Gasteiger partial charge in [-0.3, -0.25) is 9.52 Å². The molecule has 148 valence electrons. The van der Waals surface area contributed by atoms with Crippen molar-refractivity contribution in [2.75, 3.05) is 23.6 Å². The van der Waals surface area contributed by atoms with Gasteiger partial charge in [-0.2, -0.15) is 0 Å². The maximum absolute atomic E-state index is 12.4. The first-order valence-corrected chi connectivity index (χ1v) is 10.2. The molecule has 0 spiro atoms. The zero-order chi connectivity index (χ0) is 18.4. The highest BCUT2D eigenvalue weighted by Gasteiger charge is 2.28. The van der Waals surface area contributed by atoms with Crippen LogP contribution in [0.4, 0.5) is 5.69 Å². The number of nitrogens with zero attached hydrogens (tertiary/aromatic N) is 1. The number of piperidine rings is 1. The molecule has 7 nitrogen and oxygen atoms in total. The molecule has 26 heavy (non-hydrogen) atoms. The van der Waals surface area contributed by atoms with Gasteiger partial charge >= 0.3 is 0 Å². The van der Waals surface area contributed by atoms with Gasteiger partial charge in [-0.1, -0.05) is 0 Å². The van der Waals surface area contributed by atoms with E-state index in [1.165, 1.54) is 0 Å². The topological polar surface area (TPSA) is 102 Å². The number of sulfonamides is 1. The third-order valence-corrected chi connectivity index (χ3v) is 5.21. The van der Waals surface area contributed by atoms with Crippen molar-refractivity contribution in [3.05, 3.63) is 24.3 Å². The Morgan fingerprint density at radius 3 is 2.54 bits per heavy atom. The Morgan fingerprint density at radius 1 is 1.31 bits per heavy atom. The largest absolute Gasteiger partial charge is 0.491 e. The van der Waals surface area contributed by atoms with Gasteiger partial charge in [-0.05, 0) is 57.4 Å². The molecule has 3 N–H and O–H groups in total. The van der Waals surface area contributed by atoms with Crippen molar-refractivity contribution in [2.45, 2.75) is 45.3 Å². The van der Waals surface area contributed by atoms with Gasteiger partial charge in [-0.25, -0.2) is 8.42 Å². The molecule has 1 aromatic carbocycles. The molecule has 1 fully saturated rings. The molecule has 0 aromatic heterocycles. The summed E-state index contributed by atoms with van der Waals surface area (Å²) in [5, 5.41) is 0. The Balaban J connectivity index is 0.00000338. The lowest BCUT2D eigenvalue weighted by molar-refractivity contribution is -0.131. The van der Waals surface area contributed by atoms with Crippen LogP contribution in [0.5, 0.6) is 5.75 Å². The quantitative estimate of drug-likeness (QED) is 0.722. The van der Waals surface area contributed by atoms with Crippen molar-refractivity contribution in [1.29, 1.82) is 0 Å². The predicted octanol–water partition coefficient (Wildman–Crippen LogP) is 1.98. The summed E-state index contributed by atoms with van der Waals surface area (Å²) < 4.78 is 32.5. The summed E-state index contributed by atoms with van der Waals surface area (Å²) in [6.45, 7) is 4.75. The van der Waals surface area contributed by atoms with Gasteiger partial charge in [0.25, 0.3) is 0 Å². The summed E-state index contributed by atoms with van der Waals surface area (Å²) in [6.07, 6.45) is 2.77. The Morgan fingerprint density at radius 2 is 1.96 bits per heavy atom. The van der Waals surface area contributed by atoms with E-state index in [1.54, 1.807) is 29.2 Å². The van der Waals surface area contributed by atoms with E-state index in [4.69, 9.17) is 10.5 Å². The van der Waals surface area contributed by atoms with Gasteiger partial charge in [-0.15, -0.1) is 12.4 Å². The Bertz CT molecular complexity index is 680. The summed E-state index contributed by atoms with van der Waals surface area (Å²) in [4.78, 5) is 14.0. The van der Waals surface area contributed by atoms with E-state index in [-0.39, 0.29) is 24.6 Å². The van der Waals surface area contributed by atoms with Gasteiger partial charge < -0.3 is 15.4 Å². The van der Waals surface area contributed by atoms with Crippen molar-refractivity contribution in [3.63, 3.8) is 0 Å². The maximum atomic E-state index is 12.4. The number of anilines is 1. The molecule has 0 bridgehead atoms. The predicted molar refractivity (Wildman–Crippen MR) is 105 cm³/mol. The Kier molecular flexibility index (Phi) is 8.66. The molecule has 0 saturated carbocycles. The number of ether oxygens (including phenoxy) is 1. The van der Waals surface area contributed by atoms with Crippen LogP contribution in [0.25, 0.3) is 0 Å². The van der Waals surface area contributed by atoms with Crippen LogP contribution in [0.15, 0.2) is 24.3 Å². The lowest BCUT2D eigenvalue weighted by Gasteiger charge is -2.35. The van der Waals surface area contributed by atoms with Crippen LogP contribution < -0.4 is 15.2 Å². The highest BCUT2D eigenvalue weighted by molar-refractivity contribution is 7.93. The molecule has 1 unspecified atom stereocenters. The number of hydrogen-bond donors (Lipinski definition) is 2. The second-order valence-corrected chi connectivity index (χ2v) is 8.25. The minimum atomic E-state index is -3.77. The molecule has 0 radical (unpaired) electrons. The number of nitrogens with one attached hydrogen (secondary N) is 1. The lowest BCUT2D eigenvalue weighted by atomic mass is 10.0. The van der Waals surface area contributed by atoms with Gasteiger partial charge in [0.05, 0.1) is 6.10 Å². The van der Waals surface area contributed by atoms with Crippen LogP contribution in [0.3, 0.4) is 0 Å². The molecule has 1 aliphatic rings. The van der Waals surface area contributed by atoms with Gasteiger partial charge in [0.2, 0.25) is 15.9 Å². The van der Waals surface area contributed by atoms with Crippen molar-refractivity contribution in [2.24, 2.45) is 5.73 Å². The first-order chi connectivity index (χ1) is 11.8. The first kappa shape index (κ1) is 22.5. The SMILES string of the molecule is CC(C)Oc1ccc(NS(=O)(=O)CC(=O)N2CCCCC2CN)cc1.Cl. The number of rotatable bonds is 7. The van der Waals surface area contributed by atoms with Crippen LogP contribution in [0.1, 0.15) is 33.1 Å². The molecule has 9 heteroatoms. The minimum absolute atomic E-state index is 0. The normalized spacial score (nSPS) is 17.5. The monoisotopic (exact) mass is 405 g/mol. The molecule has 2 rings (SSSR count). The fourth-order valence-electron chi connectivity index (χ4n) is 2.91. The maximum Gasteiger partial charge on any atom is 0.241 e. The van der Waals surface area contributed by atoms with Crippen molar-refractivity contribution >= 4 is 34.0 Å². The highest BCUT2D eigenvalue weighted by Crippen LogP contribution is 2.19. The van der Waals surface area contributed by atoms with Crippen LogP contribution in [-0.4, -0.2) is 50.2 Å². The number of hydrogen-bond acceptors (Lipinski definition) is 5. The molecule has 1 amide bonds. The minimum Gasteiger partial charge on any atom is -0.491 e. The van der Waals surface area contributed by atoms with Crippen LogP contribution in [-0.2, 0) is 14.8 Å². The Hall–Kier alpha value is -1.51. The molecule has 0 aliphatic carbocycles. The average molecular weight is 406 g/mol. The number of amides is 1. The fraction of sp³-hybridized carbons (Fsp3) is 0.588. The molecule has 1 atom stereocenters. The third-order valence-electron chi connectivity index (χ3n) is 4.03. The zero-order valence-corrected chi connectivity index (χ0v) is 16.8. The van der Waals surface area contributed by atoms with E-state index in [0.717, 1.165) is 19.3 Å². The van der Waals surface area contributed by atoms with Gasteiger partial charge in [0.1, 0.15) is 11.5 Å². The van der Waals surface area contributed by atoms with Crippen molar-refractivity contribution in [1.82, 2.24) is 4.90 Å². The first-order valence-electron chi connectivity index (χ1n) is 8.57. The zero-order valence-electron chi connectivity index (χ0n) is 15.2. The number of carbonyl (C=O) groups is 1. The molecular formula is C17H28ClN3O4S. The number of nitrogens with two attached hydrogens (primary N) is 1. The van der Waals surface area contributed by atoms with Gasteiger partial charge in [0.15, 0.2) is 0 Å². The number of halogens is 1. The molecule has 1 heterocycles. The van der Waals surface area contributed by atoms with Crippen molar-refractivity contribution in [3.8, 4) is 5.75 Å². The number of benzene rings is 1. The molecular weight excluding hydrogens is 378 g/mol. The Labute approximate surface area is 161 Å². The van der Waals surface area contributed by atoms with E-state index < -0.39 is 21.7 Å². The van der Waals surface area contributed by atoms with Crippen LogP contribution in [0, 0.1) is 0 Å². The van der Waals surface area contributed by atoms with E-state index >= 15 is 0 Å². The highest BCUT2D eigenvalue weighted by atomic mass is 35.5. The van der Waals surface area contributed by atoms with E-state index in [0.29, 0.717) is 24.5 Å². The van der Waals surface area contributed by atoms with Crippen LogP contribution >= 0.6 is 12.4 Å². The summed E-state index contributed by atoms with van der Waals surface area (Å²) in [5.74, 6) is -0.316. The summed E-state index contributed by atoms with van der Waals surface area (Å²) in [6, 6.07) is 6.54. The summed E-state index contributed by atoms with van der Waals surface area (Å²) >= 11 is 0. The number of carbonyl (C=O) groups excluding carboxylic acids is 1. The average Bonchev–Trinajstić information content (AvgIpc) is 2.55.